The van der Waals surface area contributed by atoms with Gasteiger partial charge in [0.05, 0.1) is 18.4 Å². The van der Waals surface area contributed by atoms with Crippen molar-refractivity contribution in [3.8, 4) is 17.1 Å². The lowest BCUT2D eigenvalue weighted by Crippen LogP contribution is -2.31. The molecule has 2 amide bonds. The highest BCUT2D eigenvalue weighted by Gasteiger charge is 2.33. The lowest BCUT2D eigenvalue weighted by Gasteiger charge is -2.13. The third-order valence-electron chi connectivity index (χ3n) is 4.01. The van der Waals surface area contributed by atoms with Gasteiger partial charge in [-0.2, -0.15) is 18.3 Å². The molecule has 0 aliphatic heterocycles. The first-order valence-electron chi connectivity index (χ1n) is 8.63. The Kier molecular flexibility index (Phi) is 6.01. The number of alkyl halides is 3. The Morgan fingerprint density at radius 3 is 2.55 bits per heavy atom. The number of aromatic amines is 1. The number of hydrogen-bond acceptors (Lipinski definition) is 4. The Bertz CT molecular complexity index is 970. The van der Waals surface area contributed by atoms with Gasteiger partial charge in [0.25, 0.3) is 0 Å². The second-order valence-electron chi connectivity index (χ2n) is 6.01. The monoisotopic (exact) mass is 405 g/mol. The minimum Gasteiger partial charge on any atom is -0.497 e. The summed E-state index contributed by atoms with van der Waals surface area (Å²) in [5.41, 5.74) is -0.420. The third kappa shape index (κ3) is 5.24. The molecule has 1 aromatic heterocycles. The molecule has 0 radical (unpaired) electrons. The number of amides is 2. The van der Waals surface area contributed by atoms with E-state index in [1.54, 1.807) is 19.2 Å². The van der Waals surface area contributed by atoms with Crippen molar-refractivity contribution >= 4 is 11.7 Å². The predicted octanol–water partition coefficient (Wildman–Crippen LogP) is 3.86. The zero-order valence-electron chi connectivity index (χ0n) is 15.4. The van der Waals surface area contributed by atoms with E-state index in [1.165, 1.54) is 18.2 Å². The fourth-order valence-corrected chi connectivity index (χ4v) is 2.58. The van der Waals surface area contributed by atoms with Crippen LogP contribution in [0.25, 0.3) is 11.4 Å². The lowest BCUT2D eigenvalue weighted by molar-refractivity contribution is -0.136. The Hall–Kier alpha value is -3.56. The molecule has 1 heterocycles. The van der Waals surface area contributed by atoms with E-state index in [-0.39, 0.29) is 12.2 Å². The summed E-state index contributed by atoms with van der Waals surface area (Å²) in [5.74, 6) is 1.74. The first kappa shape index (κ1) is 20.2. The van der Waals surface area contributed by atoms with Crippen LogP contribution in [0, 0.1) is 0 Å². The number of carbonyl (C=O) groups is 1. The van der Waals surface area contributed by atoms with Gasteiger partial charge in [0, 0.05) is 18.5 Å². The normalized spacial score (nSPS) is 11.2. The zero-order chi connectivity index (χ0) is 20.9. The van der Waals surface area contributed by atoms with Gasteiger partial charge in [0.1, 0.15) is 11.6 Å². The van der Waals surface area contributed by atoms with Crippen LogP contribution in [0.1, 0.15) is 11.4 Å². The molecule has 0 atom stereocenters. The van der Waals surface area contributed by atoms with Crippen LogP contribution in [0.4, 0.5) is 23.7 Å². The van der Waals surface area contributed by atoms with Crippen molar-refractivity contribution in [2.75, 3.05) is 19.0 Å². The van der Waals surface area contributed by atoms with Crippen LogP contribution < -0.4 is 15.4 Å². The molecule has 0 spiro atoms. The van der Waals surface area contributed by atoms with Crippen molar-refractivity contribution in [1.29, 1.82) is 0 Å². The van der Waals surface area contributed by atoms with Crippen LogP contribution in [0.2, 0.25) is 0 Å². The molecule has 152 valence electrons. The van der Waals surface area contributed by atoms with Gasteiger partial charge in [-0.3, -0.25) is 5.10 Å². The summed E-state index contributed by atoms with van der Waals surface area (Å²) in [6, 6.07) is 11.2. The molecule has 10 heteroatoms. The maximum Gasteiger partial charge on any atom is 0.418 e. The van der Waals surface area contributed by atoms with E-state index in [0.717, 1.165) is 11.6 Å². The molecule has 0 bridgehead atoms. The summed E-state index contributed by atoms with van der Waals surface area (Å²) >= 11 is 0. The number of para-hydroxylation sites is 1. The van der Waals surface area contributed by atoms with Gasteiger partial charge in [-0.1, -0.05) is 12.1 Å². The van der Waals surface area contributed by atoms with Gasteiger partial charge >= 0.3 is 12.2 Å². The van der Waals surface area contributed by atoms with Crippen molar-refractivity contribution in [2.24, 2.45) is 0 Å². The molecular weight excluding hydrogens is 387 g/mol. The van der Waals surface area contributed by atoms with Gasteiger partial charge < -0.3 is 15.4 Å². The Balaban J connectivity index is 1.53. The maximum absolute atomic E-state index is 13.0. The first-order chi connectivity index (χ1) is 13.9. The summed E-state index contributed by atoms with van der Waals surface area (Å²) in [5, 5.41) is 11.6. The summed E-state index contributed by atoms with van der Waals surface area (Å²) in [7, 11) is 1.57. The van der Waals surface area contributed by atoms with Crippen molar-refractivity contribution in [2.45, 2.75) is 12.6 Å². The summed E-state index contributed by atoms with van der Waals surface area (Å²) in [6.07, 6.45) is -4.22. The molecule has 7 nitrogen and oxygen atoms in total. The number of carbonyl (C=O) groups excluding carboxylic acids is 1. The Labute approximate surface area is 164 Å². The quantitative estimate of drug-likeness (QED) is 0.581. The standard InChI is InChI=1S/C19H18F3N5O2/c1-29-13-8-6-12(7-9-13)17-25-16(26-27-17)10-11-23-18(28)24-15-5-3-2-4-14(15)19(20,21)22/h2-9H,10-11H2,1H3,(H2,23,24,28)(H,25,26,27). The number of anilines is 1. The van der Waals surface area contributed by atoms with E-state index in [1.807, 2.05) is 12.1 Å². The first-order valence-corrected chi connectivity index (χ1v) is 8.63. The average molecular weight is 405 g/mol. The molecule has 0 aliphatic carbocycles. The van der Waals surface area contributed by atoms with Gasteiger partial charge in [-0.05, 0) is 36.4 Å². The highest BCUT2D eigenvalue weighted by molar-refractivity contribution is 5.90. The van der Waals surface area contributed by atoms with Gasteiger partial charge in [-0.15, -0.1) is 0 Å². The lowest BCUT2D eigenvalue weighted by atomic mass is 10.1. The molecule has 0 aliphatic rings. The molecule has 2 aromatic carbocycles. The fourth-order valence-electron chi connectivity index (χ4n) is 2.58. The number of benzene rings is 2. The molecule has 3 N–H and O–H groups in total. The minimum atomic E-state index is -4.55. The maximum atomic E-state index is 13.0. The highest BCUT2D eigenvalue weighted by Crippen LogP contribution is 2.34. The number of rotatable bonds is 6. The van der Waals surface area contributed by atoms with Gasteiger partial charge in [0.2, 0.25) is 0 Å². The predicted molar refractivity (Wildman–Crippen MR) is 101 cm³/mol. The van der Waals surface area contributed by atoms with Crippen molar-refractivity contribution in [1.82, 2.24) is 20.5 Å². The molecule has 0 saturated heterocycles. The number of nitrogens with zero attached hydrogens (tertiary/aromatic N) is 2. The van der Waals surface area contributed by atoms with E-state index in [0.29, 0.717) is 23.8 Å². The van der Waals surface area contributed by atoms with E-state index in [2.05, 4.69) is 25.8 Å². The highest BCUT2D eigenvalue weighted by atomic mass is 19.4. The van der Waals surface area contributed by atoms with Crippen LogP contribution in [0.15, 0.2) is 48.5 Å². The van der Waals surface area contributed by atoms with Crippen LogP contribution >= 0.6 is 0 Å². The number of nitrogens with one attached hydrogen (secondary N) is 3. The number of ether oxygens (including phenoxy) is 1. The average Bonchev–Trinajstić information content (AvgIpc) is 3.16. The molecule has 29 heavy (non-hydrogen) atoms. The minimum absolute atomic E-state index is 0.164. The number of hydrogen-bond donors (Lipinski definition) is 3. The second kappa shape index (κ2) is 8.63. The SMILES string of the molecule is COc1ccc(-c2n[nH]c(CCNC(=O)Nc3ccccc3C(F)(F)F)n2)cc1. The van der Waals surface area contributed by atoms with E-state index in [4.69, 9.17) is 4.74 Å². The Morgan fingerprint density at radius 1 is 1.14 bits per heavy atom. The van der Waals surface area contributed by atoms with Crippen molar-refractivity contribution in [3.05, 3.63) is 59.9 Å². The number of H-pyrrole nitrogens is 1. The second-order valence-corrected chi connectivity index (χ2v) is 6.01. The molecule has 0 unspecified atom stereocenters. The van der Waals surface area contributed by atoms with E-state index in [9.17, 15) is 18.0 Å². The topological polar surface area (TPSA) is 91.9 Å². The number of aromatic nitrogens is 3. The largest absolute Gasteiger partial charge is 0.497 e. The number of halogens is 3. The fraction of sp³-hybridized carbons (Fsp3) is 0.211. The summed E-state index contributed by atoms with van der Waals surface area (Å²) in [6.45, 7) is 0.164. The van der Waals surface area contributed by atoms with Crippen molar-refractivity contribution < 1.29 is 22.7 Å². The van der Waals surface area contributed by atoms with Crippen LogP contribution in [-0.4, -0.2) is 34.9 Å². The van der Waals surface area contributed by atoms with E-state index < -0.39 is 17.8 Å². The van der Waals surface area contributed by atoms with Gasteiger partial charge in [-0.25, -0.2) is 9.78 Å². The molecule has 0 saturated carbocycles. The summed E-state index contributed by atoms with van der Waals surface area (Å²) < 4.78 is 44.0. The zero-order valence-corrected chi connectivity index (χ0v) is 15.4. The number of methoxy groups -OCH3 is 1. The molecule has 3 rings (SSSR count). The van der Waals surface area contributed by atoms with Gasteiger partial charge in [0.15, 0.2) is 5.82 Å². The molecule has 0 fully saturated rings. The van der Waals surface area contributed by atoms with Crippen molar-refractivity contribution in [3.63, 3.8) is 0 Å². The third-order valence-corrected chi connectivity index (χ3v) is 4.01. The Morgan fingerprint density at radius 2 is 1.86 bits per heavy atom. The van der Waals surface area contributed by atoms with Crippen LogP contribution in [-0.2, 0) is 12.6 Å². The molecular formula is C19H18F3N5O2. The van der Waals surface area contributed by atoms with Crippen LogP contribution in [0.5, 0.6) is 5.75 Å². The molecule has 3 aromatic rings. The smallest absolute Gasteiger partial charge is 0.418 e. The summed E-state index contributed by atoms with van der Waals surface area (Å²) in [4.78, 5) is 16.3. The number of urea groups is 1. The van der Waals surface area contributed by atoms with E-state index >= 15 is 0 Å². The van der Waals surface area contributed by atoms with Crippen LogP contribution in [0.3, 0.4) is 0 Å².